The standard InChI is InChI=1S/C23H29N3O2/c1-2-26(21-11-7-4-8-12-21)22(27)17-24-19-15-13-18(14-16-19)23(28)25-20-9-5-3-6-10-20/h4,7-8,11-16,20,24H,2-3,5-6,9-10,17H2,1H3,(H,25,28). The maximum Gasteiger partial charge on any atom is 0.251 e. The van der Waals surface area contributed by atoms with Gasteiger partial charge in [0.2, 0.25) is 5.91 Å². The first kappa shape index (κ1) is 19.9. The number of anilines is 2. The number of rotatable bonds is 7. The van der Waals surface area contributed by atoms with Crippen LogP contribution in [0.1, 0.15) is 49.4 Å². The number of likely N-dealkylation sites (N-methyl/N-ethyl adjacent to an activating group) is 1. The van der Waals surface area contributed by atoms with Crippen molar-refractivity contribution in [1.29, 1.82) is 0 Å². The molecule has 0 bridgehead atoms. The molecular formula is C23H29N3O2. The number of hydrogen-bond donors (Lipinski definition) is 2. The fourth-order valence-electron chi connectivity index (χ4n) is 3.64. The predicted molar refractivity (Wildman–Crippen MR) is 114 cm³/mol. The molecule has 2 N–H and O–H groups in total. The molecular weight excluding hydrogens is 350 g/mol. The first-order valence-corrected chi connectivity index (χ1v) is 10.2. The van der Waals surface area contributed by atoms with Crippen LogP contribution in [0.5, 0.6) is 0 Å². The molecule has 5 heteroatoms. The van der Waals surface area contributed by atoms with Crippen LogP contribution in [-0.2, 0) is 4.79 Å². The van der Waals surface area contributed by atoms with Crippen LogP contribution in [-0.4, -0.2) is 30.9 Å². The SMILES string of the molecule is CCN(C(=O)CNc1ccc(C(=O)NC2CCCCC2)cc1)c1ccccc1. The number of carbonyl (C=O) groups is 2. The first-order valence-electron chi connectivity index (χ1n) is 10.2. The minimum absolute atomic E-state index is 0.00724. The van der Waals surface area contributed by atoms with E-state index in [1.54, 1.807) is 17.0 Å². The van der Waals surface area contributed by atoms with Crippen molar-refractivity contribution in [2.75, 3.05) is 23.3 Å². The molecule has 0 unspecified atom stereocenters. The van der Waals surface area contributed by atoms with E-state index in [1.807, 2.05) is 49.4 Å². The van der Waals surface area contributed by atoms with Gasteiger partial charge in [0.15, 0.2) is 0 Å². The van der Waals surface area contributed by atoms with Crippen LogP contribution in [0.4, 0.5) is 11.4 Å². The number of benzene rings is 2. The number of carbonyl (C=O) groups excluding carboxylic acids is 2. The van der Waals surface area contributed by atoms with Gasteiger partial charge in [-0.05, 0) is 56.2 Å². The fourth-order valence-corrected chi connectivity index (χ4v) is 3.64. The molecule has 0 aromatic heterocycles. The number of amides is 2. The third-order valence-electron chi connectivity index (χ3n) is 5.22. The van der Waals surface area contributed by atoms with Crippen LogP contribution in [0.15, 0.2) is 54.6 Å². The van der Waals surface area contributed by atoms with E-state index >= 15 is 0 Å². The van der Waals surface area contributed by atoms with E-state index < -0.39 is 0 Å². The summed E-state index contributed by atoms with van der Waals surface area (Å²) in [6.07, 6.45) is 5.80. The smallest absolute Gasteiger partial charge is 0.251 e. The Morgan fingerprint density at radius 3 is 2.29 bits per heavy atom. The monoisotopic (exact) mass is 379 g/mol. The number of para-hydroxylation sites is 1. The van der Waals surface area contributed by atoms with Crippen LogP contribution in [0.25, 0.3) is 0 Å². The predicted octanol–water partition coefficient (Wildman–Crippen LogP) is 4.21. The highest BCUT2D eigenvalue weighted by molar-refractivity contribution is 5.96. The van der Waals surface area contributed by atoms with Gasteiger partial charge in [-0.1, -0.05) is 37.5 Å². The lowest BCUT2D eigenvalue weighted by Crippen LogP contribution is -2.36. The summed E-state index contributed by atoms with van der Waals surface area (Å²) in [6, 6.07) is 17.3. The van der Waals surface area contributed by atoms with Crippen LogP contribution >= 0.6 is 0 Å². The van der Waals surface area contributed by atoms with Gasteiger partial charge < -0.3 is 15.5 Å². The van der Waals surface area contributed by atoms with Crippen molar-refractivity contribution in [2.24, 2.45) is 0 Å². The second kappa shape index (κ2) is 9.93. The van der Waals surface area contributed by atoms with E-state index in [4.69, 9.17) is 0 Å². The zero-order chi connectivity index (χ0) is 19.8. The Bertz CT molecular complexity index is 768. The first-order chi connectivity index (χ1) is 13.7. The summed E-state index contributed by atoms with van der Waals surface area (Å²) in [5.41, 5.74) is 2.38. The Balaban J connectivity index is 1.52. The molecule has 1 aliphatic rings. The molecule has 148 valence electrons. The minimum atomic E-state index is -0.0178. The average molecular weight is 380 g/mol. The molecule has 5 nitrogen and oxygen atoms in total. The zero-order valence-corrected chi connectivity index (χ0v) is 16.5. The minimum Gasteiger partial charge on any atom is -0.376 e. The highest BCUT2D eigenvalue weighted by atomic mass is 16.2. The van der Waals surface area contributed by atoms with Crippen molar-refractivity contribution in [3.8, 4) is 0 Å². The molecule has 0 saturated heterocycles. The van der Waals surface area contributed by atoms with Gasteiger partial charge in [-0.15, -0.1) is 0 Å². The van der Waals surface area contributed by atoms with Gasteiger partial charge in [-0.2, -0.15) is 0 Å². The third kappa shape index (κ3) is 5.35. The number of hydrogen-bond acceptors (Lipinski definition) is 3. The van der Waals surface area contributed by atoms with Gasteiger partial charge >= 0.3 is 0 Å². The molecule has 0 atom stereocenters. The molecule has 0 spiro atoms. The van der Waals surface area contributed by atoms with Crippen molar-refractivity contribution in [1.82, 2.24) is 5.32 Å². The Hall–Kier alpha value is -2.82. The molecule has 0 radical (unpaired) electrons. The molecule has 1 fully saturated rings. The van der Waals surface area contributed by atoms with Crippen molar-refractivity contribution in [2.45, 2.75) is 45.1 Å². The van der Waals surface area contributed by atoms with Gasteiger partial charge in [0, 0.05) is 29.5 Å². The van der Waals surface area contributed by atoms with E-state index in [-0.39, 0.29) is 18.4 Å². The summed E-state index contributed by atoms with van der Waals surface area (Å²) in [4.78, 5) is 26.7. The van der Waals surface area contributed by atoms with Gasteiger partial charge in [-0.25, -0.2) is 0 Å². The van der Waals surface area contributed by atoms with Gasteiger partial charge in [-0.3, -0.25) is 9.59 Å². The Labute approximate surface area is 167 Å². The summed E-state index contributed by atoms with van der Waals surface area (Å²) in [5, 5.41) is 6.28. The summed E-state index contributed by atoms with van der Waals surface area (Å²) >= 11 is 0. The summed E-state index contributed by atoms with van der Waals surface area (Å²) in [6.45, 7) is 2.78. The molecule has 3 rings (SSSR count). The summed E-state index contributed by atoms with van der Waals surface area (Å²) in [5.74, 6) is -0.0106. The van der Waals surface area contributed by atoms with E-state index in [0.717, 1.165) is 24.2 Å². The van der Waals surface area contributed by atoms with Crippen LogP contribution in [0.3, 0.4) is 0 Å². The Kier molecular flexibility index (Phi) is 7.06. The van der Waals surface area contributed by atoms with E-state index in [9.17, 15) is 9.59 Å². The summed E-state index contributed by atoms with van der Waals surface area (Å²) in [7, 11) is 0. The summed E-state index contributed by atoms with van der Waals surface area (Å²) < 4.78 is 0. The second-order valence-electron chi connectivity index (χ2n) is 7.21. The van der Waals surface area contributed by atoms with Gasteiger partial charge in [0.1, 0.15) is 0 Å². The van der Waals surface area contributed by atoms with Crippen LogP contribution < -0.4 is 15.5 Å². The Morgan fingerprint density at radius 2 is 1.64 bits per heavy atom. The van der Waals surface area contributed by atoms with Crippen molar-refractivity contribution >= 4 is 23.2 Å². The highest BCUT2D eigenvalue weighted by Gasteiger charge is 2.17. The van der Waals surface area contributed by atoms with E-state index in [0.29, 0.717) is 18.2 Å². The Morgan fingerprint density at radius 1 is 0.964 bits per heavy atom. The maximum atomic E-state index is 12.5. The lowest BCUT2D eigenvalue weighted by atomic mass is 9.95. The van der Waals surface area contributed by atoms with Crippen LogP contribution in [0.2, 0.25) is 0 Å². The normalized spacial score (nSPS) is 14.3. The second-order valence-corrected chi connectivity index (χ2v) is 7.21. The number of nitrogens with zero attached hydrogens (tertiary/aromatic N) is 1. The maximum absolute atomic E-state index is 12.5. The molecule has 0 aliphatic heterocycles. The molecule has 1 aliphatic carbocycles. The molecule has 28 heavy (non-hydrogen) atoms. The van der Waals surface area contributed by atoms with Crippen molar-refractivity contribution in [3.05, 3.63) is 60.2 Å². The third-order valence-corrected chi connectivity index (χ3v) is 5.22. The quantitative estimate of drug-likeness (QED) is 0.757. The average Bonchev–Trinajstić information content (AvgIpc) is 2.74. The lowest BCUT2D eigenvalue weighted by Gasteiger charge is -2.23. The van der Waals surface area contributed by atoms with Gasteiger partial charge in [0.25, 0.3) is 5.91 Å². The molecule has 2 aromatic carbocycles. The molecule has 2 amide bonds. The van der Waals surface area contributed by atoms with E-state index in [1.165, 1.54) is 19.3 Å². The fraction of sp³-hybridized carbons (Fsp3) is 0.391. The molecule has 0 heterocycles. The zero-order valence-electron chi connectivity index (χ0n) is 16.5. The highest BCUT2D eigenvalue weighted by Crippen LogP contribution is 2.18. The van der Waals surface area contributed by atoms with Crippen LogP contribution in [0, 0.1) is 0 Å². The topological polar surface area (TPSA) is 61.4 Å². The van der Waals surface area contributed by atoms with Gasteiger partial charge in [0.05, 0.1) is 6.54 Å². The van der Waals surface area contributed by atoms with E-state index in [2.05, 4.69) is 10.6 Å². The largest absolute Gasteiger partial charge is 0.376 e. The van der Waals surface area contributed by atoms with Crippen molar-refractivity contribution in [3.63, 3.8) is 0 Å². The molecule has 1 saturated carbocycles. The lowest BCUT2D eigenvalue weighted by molar-refractivity contribution is -0.116. The number of nitrogens with one attached hydrogen (secondary N) is 2. The molecule has 2 aromatic rings. The van der Waals surface area contributed by atoms with Crippen molar-refractivity contribution < 1.29 is 9.59 Å².